The fraction of sp³-hybridized carbons (Fsp3) is 0.538. The minimum absolute atomic E-state index is 0.0776. The Morgan fingerprint density at radius 2 is 2.11 bits per heavy atom. The van der Waals surface area contributed by atoms with E-state index in [9.17, 15) is 4.39 Å². The van der Waals surface area contributed by atoms with Crippen LogP contribution in [-0.4, -0.2) is 30.6 Å². The number of likely N-dealkylation sites (N-methyl/N-ethyl adjacent to an activating group) is 1. The first-order chi connectivity index (χ1) is 9.04. The fourth-order valence-corrected chi connectivity index (χ4v) is 2.36. The fourth-order valence-electron chi connectivity index (χ4n) is 2.21. The second kappa shape index (κ2) is 5.84. The summed E-state index contributed by atoms with van der Waals surface area (Å²) in [6.07, 6.45) is 2.52. The molecule has 1 saturated carbocycles. The Balaban J connectivity index is 1.97. The molecule has 0 aromatic heterocycles. The zero-order chi connectivity index (χ0) is 14.0. The highest BCUT2D eigenvalue weighted by Crippen LogP contribution is 2.33. The Labute approximate surface area is 117 Å². The van der Waals surface area contributed by atoms with E-state index in [-0.39, 0.29) is 22.1 Å². The molecule has 1 fully saturated rings. The van der Waals surface area contributed by atoms with Crippen molar-refractivity contribution in [2.45, 2.75) is 25.8 Å². The summed E-state index contributed by atoms with van der Waals surface area (Å²) in [5.74, 6) is -0.575. The van der Waals surface area contributed by atoms with E-state index in [1.165, 1.54) is 18.9 Å². The molecule has 0 bridgehead atoms. The average molecular weight is 287 g/mol. The summed E-state index contributed by atoms with van der Waals surface area (Å²) in [6, 6.07) is 2.18. The van der Waals surface area contributed by atoms with Crippen LogP contribution >= 0.6 is 11.6 Å². The molecule has 0 saturated heterocycles. The second-order valence-electron chi connectivity index (χ2n) is 4.84. The first kappa shape index (κ1) is 14.2. The Bertz CT molecular complexity index is 462. The van der Waals surface area contributed by atoms with Crippen LogP contribution in [0.15, 0.2) is 6.07 Å². The molecule has 1 aromatic carbocycles. The molecule has 0 amide bonds. The quantitative estimate of drug-likeness (QED) is 0.703. The maximum Gasteiger partial charge on any atom is 0.169 e. The van der Waals surface area contributed by atoms with Gasteiger partial charge in [0.25, 0.3) is 0 Å². The van der Waals surface area contributed by atoms with Crippen LogP contribution in [0.4, 0.5) is 21.5 Å². The molecule has 0 spiro atoms. The average Bonchev–Trinajstić information content (AvgIpc) is 3.20. The van der Waals surface area contributed by atoms with Crippen LogP contribution in [0.25, 0.3) is 0 Å². The Hall–Kier alpha value is -1.20. The van der Waals surface area contributed by atoms with Gasteiger partial charge in [0.05, 0.1) is 17.1 Å². The van der Waals surface area contributed by atoms with Gasteiger partial charge in [-0.3, -0.25) is 4.90 Å². The molecule has 1 aromatic rings. The van der Waals surface area contributed by atoms with E-state index >= 15 is 0 Å². The van der Waals surface area contributed by atoms with E-state index < -0.39 is 5.82 Å². The van der Waals surface area contributed by atoms with Crippen molar-refractivity contribution >= 4 is 28.7 Å². The lowest BCUT2D eigenvalue weighted by molar-refractivity contribution is 0.289. The van der Waals surface area contributed by atoms with E-state index in [0.29, 0.717) is 12.6 Å². The molecule has 0 radical (unpaired) electrons. The van der Waals surface area contributed by atoms with E-state index in [0.717, 1.165) is 13.1 Å². The number of benzene rings is 1. The van der Waals surface area contributed by atoms with Gasteiger partial charge in [-0.15, -0.1) is 0 Å². The summed E-state index contributed by atoms with van der Waals surface area (Å²) in [7, 11) is 0. The van der Waals surface area contributed by atoms with Crippen molar-refractivity contribution in [1.29, 1.82) is 0 Å². The topological polar surface area (TPSA) is 67.3 Å². The zero-order valence-electron chi connectivity index (χ0n) is 11.0. The van der Waals surface area contributed by atoms with Gasteiger partial charge in [0.15, 0.2) is 5.82 Å². The Morgan fingerprint density at radius 1 is 1.42 bits per heavy atom. The molecule has 106 valence electrons. The first-order valence-corrected chi connectivity index (χ1v) is 6.93. The van der Waals surface area contributed by atoms with Crippen molar-refractivity contribution in [2.24, 2.45) is 0 Å². The molecule has 0 unspecified atom stereocenters. The molecule has 1 aliphatic carbocycles. The summed E-state index contributed by atoms with van der Waals surface area (Å²) >= 11 is 5.78. The predicted molar refractivity (Wildman–Crippen MR) is 79.0 cm³/mol. The monoisotopic (exact) mass is 286 g/mol. The number of halogens is 2. The van der Waals surface area contributed by atoms with Crippen molar-refractivity contribution in [3.63, 3.8) is 0 Å². The number of nitrogens with one attached hydrogen (secondary N) is 1. The molecule has 6 heteroatoms. The van der Waals surface area contributed by atoms with Crippen LogP contribution in [0.1, 0.15) is 19.8 Å². The van der Waals surface area contributed by atoms with Gasteiger partial charge in [0.2, 0.25) is 0 Å². The van der Waals surface area contributed by atoms with Gasteiger partial charge in [0, 0.05) is 19.1 Å². The summed E-state index contributed by atoms with van der Waals surface area (Å²) in [5, 5.41) is 2.94. The van der Waals surface area contributed by atoms with E-state index in [4.69, 9.17) is 23.1 Å². The van der Waals surface area contributed by atoms with Crippen LogP contribution in [0, 0.1) is 5.82 Å². The third kappa shape index (κ3) is 3.22. The number of rotatable bonds is 6. The molecule has 0 aliphatic heterocycles. The van der Waals surface area contributed by atoms with E-state index in [1.54, 1.807) is 0 Å². The SMILES string of the molecule is CCN(CCNc1c(N)cc(N)c(Cl)c1F)C1CC1. The van der Waals surface area contributed by atoms with Crippen LogP contribution < -0.4 is 16.8 Å². The number of hydrogen-bond acceptors (Lipinski definition) is 4. The van der Waals surface area contributed by atoms with Gasteiger partial charge in [-0.05, 0) is 25.5 Å². The Kier molecular flexibility index (Phi) is 4.37. The standard InChI is InChI=1S/C13H20ClFN4/c1-2-19(8-3-4-8)6-5-18-13-10(17)7-9(16)11(14)12(13)15/h7-8,18H,2-6,16-17H2,1H3. The highest BCUT2D eigenvalue weighted by Gasteiger charge is 2.27. The van der Waals surface area contributed by atoms with Crippen LogP contribution in [0.5, 0.6) is 0 Å². The molecule has 0 heterocycles. The smallest absolute Gasteiger partial charge is 0.169 e. The number of nitrogen functional groups attached to an aromatic ring is 2. The van der Waals surface area contributed by atoms with Crippen molar-refractivity contribution in [1.82, 2.24) is 4.90 Å². The highest BCUT2D eigenvalue weighted by molar-refractivity contribution is 6.33. The minimum atomic E-state index is -0.575. The van der Waals surface area contributed by atoms with Gasteiger partial charge in [-0.1, -0.05) is 18.5 Å². The zero-order valence-corrected chi connectivity index (χ0v) is 11.8. The molecule has 19 heavy (non-hydrogen) atoms. The third-order valence-corrected chi connectivity index (χ3v) is 3.82. The van der Waals surface area contributed by atoms with Crippen molar-refractivity contribution in [2.75, 3.05) is 36.4 Å². The lowest BCUT2D eigenvalue weighted by Crippen LogP contribution is -2.31. The number of hydrogen-bond donors (Lipinski definition) is 3. The van der Waals surface area contributed by atoms with Gasteiger partial charge >= 0.3 is 0 Å². The molecule has 5 N–H and O–H groups in total. The number of anilines is 3. The Morgan fingerprint density at radius 3 is 2.68 bits per heavy atom. The minimum Gasteiger partial charge on any atom is -0.397 e. The second-order valence-corrected chi connectivity index (χ2v) is 5.22. The van der Waals surface area contributed by atoms with Crippen molar-refractivity contribution in [3.8, 4) is 0 Å². The largest absolute Gasteiger partial charge is 0.397 e. The number of nitrogens with zero attached hydrogens (tertiary/aromatic N) is 1. The maximum atomic E-state index is 13.9. The normalized spacial score (nSPS) is 14.9. The summed E-state index contributed by atoms with van der Waals surface area (Å²) in [5.41, 5.74) is 12.0. The molecular weight excluding hydrogens is 267 g/mol. The van der Waals surface area contributed by atoms with Crippen molar-refractivity contribution in [3.05, 3.63) is 16.9 Å². The summed E-state index contributed by atoms with van der Waals surface area (Å²) in [6.45, 7) is 4.63. The number of nitrogens with two attached hydrogens (primary N) is 2. The predicted octanol–water partition coefficient (Wildman–Crippen LogP) is 2.54. The molecular formula is C13H20ClFN4. The maximum absolute atomic E-state index is 13.9. The van der Waals surface area contributed by atoms with Gasteiger partial charge in [-0.2, -0.15) is 0 Å². The highest BCUT2D eigenvalue weighted by atomic mass is 35.5. The molecule has 2 rings (SSSR count). The molecule has 1 aliphatic rings. The lowest BCUT2D eigenvalue weighted by atomic mass is 10.2. The molecule has 4 nitrogen and oxygen atoms in total. The van der Waals surface area contributed by atoms with Crippen LogP contribution in [0.3, 0.4) is 0 Å². The van der Waals surface area contributed by atoms with Gasteiger partial charge in [0.1, 0.15) is 5.02 Å². The first-order valence-electron chi connectivity index (χ1n) is 6.55. The summed E-state index contributed by atoms with van der Waals surface area (Å²) in [4.78, 5) is 2.38. The lowest BCUT2D eigenvalue weighted by Gasteiger charge is -2.21. The van der Waals surface area contributed by atoms with Gasteiger partial charge in [-0.25, -0.2) is 4.39 Å². The van der Waals surface area contributed by atoms with Gasteiger partial charge < -0.3 is 16.8 Å². The van der Waals surface area contributed by atoms with E-state index in [2.05, 4.69) is 17.1 Å². The molecule has 0 atom stereocenters. The third-order valence-electron chi connectivity index (χ3n) is 3.44. The summed E-state index contributed by atoms with van der Waals surface area (Å²) < 4.78 is 13.9. The van der Waals surface area contributed by atoms with Crippen LogP contribution in [0.2, 0.25) is 5.02 Å². The van der Waals surface area contributed by atoms with Crippen LogP contribution in [-0.2, 0) is 0 Å². The van der Waals surface area contributed by atoms with Crippen molar-refractivity contribution < 1.29 is 4.39 Å². The van der Waals surface area contributed by atoms with E-state index in [1.807, 2.05) is 0 Å².